The molecule has 39 heavy (non-hydrogen) atoms. The second-order valence-electron chi connectivity index (χ2n) is 8.21. The molecular weight excluding hydrogens is 586 g/mol. The zero-order valence-electron chi connectivity index (χ0n) is 19.4. The first kappa shape index (κ1) is 28.8. The van der Waals surface area contributed by atoms with Crippen LogP contribution in [0.3, 0.4) is 0 Å². The van der Waals surface area contributed by atoms with Gasteiger partial charge in [0.1, 0.15) is 0 Å². The molecule has 3 aromatic rings. The molecule has 1 aromatic heterocycles. The maximum absolute atomic E-state index is 13.2. The number of nitrogens with one attached hydrogen (secondary N) is 1. The van der Waals surface area contributed by atoms with E-state index in [1.54, 1.807) is 12.1 Å². The number of halogens is 6. The Hall–Kier alpha value is -3.20. The van der Waals surface area contributed by atoms with E-state index in [0.29, 0.717) is 30.0 Å². The van der Waals surface area contributed by atoms with Gasteiger partial charge in [0.25, 0.3) is 5.91 Å². The molecule has 1 amide bonds. The zero-order valence-corrected chi connectivity index (χ0v) is 21.8. The fourth-order valence-corrected chi connectivity index (χ4v) is 5.69. The lowest BCUT2D eigenvalue weighted by Gasteiger charge is -2.15. The molecule has 2 heterocycles. The van der Waals surface area contributed by atoms with Crippen molar-refractivity contribution in [1.82, 2.24) is 10.4 Å². The van der Waals surface area contributed by atoms with E-state index in [1.807, 2.05) is 0 Å². The Labute approximate surface area is 231 Å². The number of carboxylic acid groups (broad SMARTS) is 1. The number of thioether (sulfide) groups is 1. The molecular formula is C25H16F6N2O3S3. The molecule has 0 radical (unpaired) electrons. The molecule has 5 nitrogen and oxygen atoms in total. The number of carboxylic acids is 1. The van der Waals surface area contributed by atoms with Crippen LogP contribution < -0.4 is 5.43 Å². The molecule has 14 heteroatoms. The Morgan fingerprint density at radius 2 is 1.59 bits per heavy atom. The van der Waals surface area contributed by atoms with Crippen LogP contribution in [0.1, 0.15) is 31.9 Å². The van der Waals surface area contributed by atoms with Gasteiger partial charge in [0.05, 0.1) is 21.6 Å². The lowest BCUT2D eigenvalue weighted by molar-refractivity contribution is -0.143. The van der Waals surface area contributed by atoms with Gasteiger partial charge in [0.15, 0.2) is 4.32 Å². The summed E-state index contributed by atoms with van der Waals surface area (Å²) in [5.41, 5.74) is 0.966. The Bertz CT molecular complexity index is 1430. The van der Waals surface area contributed by atoms with Crippen LogP contribution in [-0.4, -0.2) is 32.9 Å². The maximum atomic E-state index is 13.2. The van der Waals surface area contributed by atoms with Crippen molar-refractivity contribution < 1.29 is 41.0 Å². The topological polar surface area (TPSA) is 69.6 Å². The van der Waals surface area contributed by atoms with Crippen molar-refractivity contribution in [2.24, 2.45) is 0 Å². The van der Waals surface area contributed by atoms with Crippen molar-refractivity contribution in [2.45, 2.75) is 18.8 Å². The molecule has 0 saturated carbocycles. The molecule has 0 spiro atoms. The van der Waals surface area contributed by atoms with E-state index in [2.05, 4.69) is 5.43 Å². The summed E-state index contributed by atoms with van der Waals surface area (Å²) in [7, 11) is 0. The van der Waals surface area contributed by atoms with Crippen LogP contribution in [0, 0.1) is 0 Å². The van der Waals surface area contributed by atoms with Gasteiger partial charge in [-0.15, -0.1) is 11.3 Å². The summed E-state index contributed by atoms with van der Waals surface area (Å²) in [4.78, 5) is 24.5. The van der Waals surface area contributed by atoms with Crippen molar-refractivity contribution in [3.8, 4) is 11.1 Å². The lowest BCUT2D eigenvalue weighted by Crippen LogP contribution is -2.42. The number of amides is 1. The standard InChI is InChI=1S/C25H16F6N2O3S3/c26-24(27,28)17-7-15(8-18(10-17)25(29,30)31)16-9-19(38-12-16)11-20-21(34)33(23(37)39-20)32-6-5-13-1-3-14(4-2-13)22(35)36/h1-4,7-12,32H,5-6H2,(H,35,36). The maximum Gasteiger partial charge on any atom is 0.416 e. The summed E-state index contributed by atoms with van der Waals surface area (Å²) in [6.07, 6.45) is -7.98. The van der Waals surface area contributed by atoms with Gasteiger partial charge >= 0.3 is 18.3 Å². The number of nitrogens with zero attached hydrogens (tertiary/aromatic N) is 1. The largest absolute Gasteiger partial charge is 0.478 e. The van der Waals surface area contributed by atoms with Crippen molar-refractivity contribution in [1.29, 1.82) is 0 Å². The monoisotopic (exact) mass is 602 g/mol. The third kappa shape index (κ3) is 6.87. The number of thiocarbonyl (C=S) groups is 1. The van der Waals surface area contributed by atoms with E-state index >= 15 is 0 Å². The number of hydrogen-bond donors (Lipinski definition) is 2. The molecule has 1 fully saturated rings. The molecule has 1 aliphatic heterocycles. The van der Waals surface area contributed by atoms with Gasteiger partial charge in [-0.05, 0) is 71.0 Å². The van der Waals surface area contributed by atoms with Crippen LogP contribution in [0.5, 0.6) is 0 Å². The van der Waals surface area contributed by atoms with Crippen LogP contribution >= 0.6 is 35.3 Å². The average molecular weight is 603 g/mol. The lowest BCUT2D eigenvalue weighted by atomic mass is 10.0. The Kier molecular flexibility index (Phi) is 8.21. The van der Waals surface area contributed by atoms with E-state index in [-0.39, 0.29) is 32.0 Å². The number of alkyl halides is 6. The number of hydrazine groups is 1. The average Bonchev–Trinajstić information content (AvgIpc) is 3.43. The highest BCUT2D eigenvalue weighted by molar-refractivity contribution is 8.26. The van der Waals surface area contributed by atoms with Gasteiger partial charge in [-0.1, -0.05) is 36.1 Å². The van der Waals surface area contributed by atoms with E-state index in [1.165, 1.54) is 34.7 Å². The highest BCUT2D eigenvalue weighted by Crippen LogP contribution is 2.40. The number of thiophene rings is 1. The highest BCUT2D eigenvalue weighted by Gasteiger charge is 2.37. The van der Waals surface area contributed by atoms with Crippen molar-refractivity contribution >= 4 is 57.6 Å². The Morgan fingerprint density at radius 3 is 2.15 bits per heavy atom. The first-order valence-corrected chi connectivity index (χ1v) is 13.0. The molecule has 0 bridgehead atoms. The second kappa shape index (κ2) is 11.1. The SMILES string of the molecule is O=C(O)c1ccc(CCNN2C(=O)C(=Cc3cc(-c4cc(C(F)(F)F)cc(C(F)(F)F)c4)cs3)SC2=S)cc1. The van der Waals surface area contributed by atoms with Crippen molar-refractivity contribution in [2.75, 3.05) is 6.54 Å². The zero-order chi connectivity index (χ0) is 28.5. The fourth-order valence-electron chi connectivity index (χ4n) is 3.56. The predicted octanol–water partition coefficient (Wildman–Crippen LogP) is 7.10. The molecule has 0 aliphatic carbocycles. The Morgan fingerprint density at radius 1 is 0.974 bits per heavy atom. The van der Waals surface area contributed by atoms with Crippen LogP contribution in [0.15, 0.2) is 58.8 Å². The summed E-state index contributed by atoms with van der Waals surface area (Å²) < 4.78 is 79.5. The normalized spacial score (nSPS) is 15.4. The van der Waals surface area contributed by atoms with Crippen LogP contribution in [0.2, 0.25) is 0 Å². The molecule has 2 aromatic carbocycles. The van der Waals surface area contributed by atoms with E-state index in [4.69, 9.17) is 17.3 Å². The molecule has 204 valence electrons. The predicted molar refractivity (Wildman–Crippen MR) is 140 cm³/mol. The van der Waals surface area contributed by atoms with Crippen molar-refractivity contribution in [3.05, 3.63) is 85.9 Å². The van der Waals surface area contributed by atoms with Crippen LogP contribution in [-0.2, 0) is 23.6 Å². The number of rotatable bonds is 7. The van der Waals surface area contributed by atoms with Gasteiger partial charge in [0.2, 0.25) is 0 Å². The van der Waals surface area contributed by atoms with Crippen LogP contribution in [0.4, 0.5) is 26.3 Å². The summed E-state index contributed by atoms with van der Waals surface area (Å²) in [6, 6.07) is 9.04. The van der Waals surface area contributed by atoms with Gasteiger partial charge in [-0.3, -0.25) is 4.79 Å². The van der Waals surface area contributed by atoms with Gasteiger partial charge in [0, 0.05) is 11.4 Å². The first-order valence-electron chi connectivity index (χ1n) is 10.9. The van der Waals surface area contributed by atoms with E-state index in [9.17, 15) is 35.9 Å². The minimum Gasteiger partial charge on any atom is -0.478 e. The number of carbonyl (C=O) groups excluding carboxylic acids is 1. The van der Waals surface area contributed by atoms with Crippen LogP contribution in [0.25, 0.3) is 17.2 Å². The second-order valence-corrected chi connectivity index (χ2v) is 10.8. The molecule has 1 aliphatic rings. The third-order valence-electron chi connectivity index (χ3n) is 5.49. The highest BCUT2D eigenvalue weighted by atomic mass is 32.2. The number of carbonyl (C=O) groups is 2. The van der Waals surface area contributed by atoms with E-state index < -0.39 is 35.4 Å². The first-order chi connectivity index (χ1) is 18.2. The van der Waals surface area contributed by atoms with Gasteiger partial charge in [-0.25, -0.2) is 15.2 Å². The molecule has 2 N–H and O–H groups in total. The molecule has 4 rings (SSSR count). The molecule has 1 saturated heterocycles. The number of hydrogen-bond acceptors (Lipinski definition) is 6. The quantitative estimate of drug-likeness (QED) is 0.171. The van der Waals surface area contributed by atoms with Crippen molar-refractivity contribution in [3.63, 3.8) is 0 Å². The third-order valence-corrected chi connectivity index (χ3v) is 7.67. The van der Waals surface area contributed by atoms with E-state index in [0.717, 1.165) is 28.7 Å². The summed E-state index contributed by atoms with van der Waals surface area (Å²) in [6.45, 7) is 0.312. The van der Waals surface area contributed by atoms with Gasteiger partial charge in [-0.2, -0.15) is 26.3 Å². The molecule has 0 unspecified atom stereocenters. The molecule has 0 atom stereocenters. The summed E-state index contributed by atoms with van der Waals surface area (Å²) >= 11 is 7.30. The summed E-state index contributed by atoms with van der Waals surface area (Å²) in [5, 5.41) is 11.6. The smallest absolute Gasteiger partial charge is 0.416 e. The number of aromatic carboxylic acids is 1. The number of benzene rings is 2. The van der Waals surface area contributed by atoms with Gasteiger partial charge < -0.3 is 5.11 Å². The summed E-state index contributed by atoms with van der Waals surface area (Å²) in [5.74, 6) is -1.50. The minimum absolute atomic E-state index is 0.0696. The Balaban J connectivity index is 1.47. The fraction of sp³-hybridized carbons (Fsp3) is 0.160. The minimum atomic E-state index is -4.96.